The number of rotatable bonds is 6. The SMILES string of the molecule is Clc1cccc(Sc2cccc(Oc3cccc(Sc4cccc(Cl)c4)c3)c2)c1. The normalized spacial score (nSPS) is 10.7. The molecule has 0 fully saturated rings. The third kappa shape index (κ3) is 5.97. The molecule has 4 rings (SSSR count). The first-order valence-electron chi connectivity index (χ1n) is 8.89. The van der Waals surface area contributed by atoms with Gasteiger partial charge in [-0.15, -0.1) is 0 Å². The van der Waals surface area contributed by atoms with Crippen LogP contribution >= 0.6 is 46.7 Å². The van der Waals surface area contributed by atoms with Gasteiger partial charge in [0.2, 0.25) is 0 Å². The first kappa shape index (κ1) is 20.2. The molecule has 0 spiro atoms. The molecule has 4 aromatic rings. The van der Waals surface area contributed by atoms with E-state index in [0.717, 1.165) is 41.1 Å². The van der Waals surface area contributed by atoms with Crippen molar-refractivity contribution in [2.45, 2.75) is 19.6 Å². The average Bonchev–Trinajstić information content (AvgIpc) is 2.69. The van der Waals surface area contributed by atoms with Crippen LogP contribution in [-0.4, -0.2) is 0 Å². The summed E-state index contributed by atoms with van der Waals surface area (Å²) in [7, 11) is 0. The molecule has 1 nitrogen and oxygen atoms in total. The molecule has 0 heterocycles. The van der Waals surface area contributed by atoms with Gasteiger partial charge >= 0.3 is 0 Å². The molecular weight excluding hydrogens is 439 g/mol. The Morgan fingerprint density at radius 3 is 1.28 bits per heavy atom. The Hall–Kier alpha value is -2.04. The maximum Gasteiger partial charge on any atom is 0.128 e. The molecule has 0 aliphatic rings. The van der Waals surface area contributed by atoms with Crippen molar-refractivity contribution < 1.29 is 4.74 Å². The largest absolute Gasteiger partial charge is 0.457 e. The summed E-state index contributed by atoms with van der Waals surface area (Å²) in [5, 5.41) is 1.47. The van der Waals surface area contributed by atoms with Crippen LogP contribution in [0.15, 0.2) is 117 Å². The predicted molar refractivity (Wildman–Crippen MR) is 124 cm³/mol. The van der Waals surface area contributed by atoms with E-state index in [2.05, 4.69) is 12.1 Å². The highest BCUT2D eigenvalue weighted by molar-refractivity contribution is 7.99. The lowest BCUT2D eigenvalue weighted by molar-refractivity contribution is 0.480. The summed E-state index contributed by atoms with van der Waals surface area (Å²) in [6.07, 6.45) is 0. The molecule has 4 aromatic carbocycles. The van der Waals surface area contributed by atoms with Crippen LogP contribution in [0.2, 0.25) is 10.0 Å². The van der Waals surface area contributed by atoms with Gasteiger partial charge < -0.3 is 4.74 Å². The van der Waals surface area contributed by atoms with Crippen molar-refractivity contribution in [3.05, 3.63) is 107 Å². The molecule has 5 heteroatoms. The Labute approximate surface area is 189 Å². The molecule has 0 atom stereocenters. The molecule has 29 heavy (non-hydrogen) atoms. The van der Waals surface area contributed by atoms with Crippen molar-refractivity contribution in [3.8, 4) is 11.5 Å². The van der Waals surface area contributed by atoms with Gasteiger partial charge in [0.15, 0.2) is 0 Å². The third-order valence-electron chi connectivity index (χ3n) is 3.91. The molecule has 0 saturated carbocycles. The molecule has 0 amide bonds. The highest BCUT2D eigenvalue weighted by Crippen LogP contribution is 2.35. The van der Waals surface area contributed by atoms with Crippen LogP contribution in [0.1, 0.15) is 0 Å². The topological polar surface area (TPSA) is 9.23 Å². The van der Waals surface area contributed by atoms with E-state index in [0.29, 0.717) is 0 Å². The highest BCUT2D eigenvalue weighted by atomic mass is 35.5. The van der Waals surface area contributed by atoms with Crippen LogP contribution in [0.3, 0.4) is 0 Å². The van der Waals surface area contributed by atoms with Crippen molar-refractivity contribution in [1.29, 1.82) is 0 Å². The second-order valence-electron chi connectivity index (χ2n) is 6.17. The summed E-state index contributed by atoms with van der Waals surface area (Å²) in [5.41, 5.74) is 0. The lowest BCUT2D eigenvalue weighted by Crippen LogP contribution is -1.85. The summed E-state index contributed by atoms with van der Waals surface area (Å²) < 4.78 is 6.10. The summed E-state index contributed by atoms with van der Waals surface area (Å²) in [6, 6.07) is 31.7. The number of halogens is 2. The fourth-order valence-electron chi connectivity index (χ4n) is 2.67. The Balaban J connectivity index is 1.48. The maximum absolute atomic E-state index is 6.10. The fourth-order valence-corrected chi connectivity index (χ4v) is 5.03. The standard InChI is InChI=1S/C24H16Cl2OS2/c25-17-5-1-9-21(13-17)28-23-11-3-7-19(15-23)27-20-8-4-12-24(16-20)29-22-10-2-6-18(26)14-22/h1-16H. The maximum atomic E-state index is 6.10. The fraction of sp³-hybridized carbons (Fsp3) is 0. The van der Waals surface area contributed by atoms with E-state index in [1.165, 1.54) is 0 Å². The number of ether oxygens (including phenoxy) is 1. The van der Waals surface area contributed by atoms with Gasteiger partial charge in [0.1, 0.15) is 11.5 Å². The summed E-state index contributed by atoms with van der Waals surface area (Å²) in [4.78, 5) is 4.37. The lowest BCUT2D eigenvalue weighted by atomic mass is 10.3. The van der Waals surface area contributed by atoms with Crippen LogP contribution in [-0.2, 0) is 0 Å². The number of hydrogen-bond donors (Lipinski definition) is 0. The predicted octanol–water partition coefficient (Wildman–Crippen LogP) is 9.09. The van der Waals surface area contributed by atoms with Crippen LogP contribution in [0, 0.1) is 0 Å². The molecule has 0 bridgehead atoms. The molecule has 0 unspecified atom stereocenters. The van der Waals surface area contributed by atoms with Crippen molar-refractivity contribution in [2.24, 2.45) is 0 Å². The Morgan fingerprint density at radius 1 is 0.483 bits per heavy atom. The van der Waals surface area contributed by atoms with Crippen LogP contribution in [0.4, 0.5) is 0 Å². The summed E-state index contributed by atoms with van der Waals surface area (Å²) in [6.45, 7) is 0. The second kappa shape index (κ2) is 9.64. The highest BCUT2D eigenvalue weighted by Gasteiger charge is 2.04. The van der Waals surface area contributed by atoms with Gasteiger partial charge in [0.25, 0.3) is 0 Å². The Morgan fingerprint density at radius 2 is 0.862 bits per heavy atom. The van der Waals surface area contributed by atoms with E-state index in [4.69, 9.17) is 27.9 Å². The number of benzene rings is 4. The minimum absolute atomic E-state index is 0.733. The first-order valence-corrected chi connectivity index (χ1v) is 11.3. The van der Waals surface area contributed by atoms with Gasteiger partial charge in [0.05, 0.1) is 0 Å². The molecule has 0 radical (unpaired) electrons. The van der Waals surface area contributed by atoms with Crippen LogP contribution in [0.5, 0.6) is 11.5 Å². The van der Waals surface area contributed by atoms with Crippen LogP contribution in [0.25, 0.3) is 0 Å². The average molecular weight is 455 g/mol. The van der Waals surface area contributed by atoms with Crippen molar-refractivity contribution in [3.63, 3.8) is 0 Å². The number of hydrogen-bond acceptors (Lipinski definition) is 3. The van der Waals surface area contributed by atoms with Crippen molar-refractivity contribution in [2.75, 3.05) is 0 Å². The zero-order valence-corrected chi connectivity index (χ0v) is 18.4. The third-order valence-corrected chi connectivity index (χ3v) is 6.34. The molecule has 0 aliphatic carbocycles. The Bertz CT molecular complexity index is 1040. The zero-order chi connectivity index (χ0) is 20.1. The zero-order valence-electron chi connectivity index (χ0n) is 15.2. The Kier molecular flexibility index (Phi) is 6.73. The minimum atomic E-state index is 0.733. The van der Waals surface area contributed by atoms with E-state index in [1.807, 2.05) is 84.9 Å². The van der Waals surface area contributed by atoms with Gasteiger partial charge in [-0.3, -0.25) is 0 Å². The molecule has 0 aromatic heterocycles. The van der Waals surface area contributed by atoms with Gasteiger partial charge in [-0.25, -0.2) is 0 Å². The lowest BCUT2D eigenvalue weighted by Gasteiger charge is -2.09. The molecular formula is C24H16Cl2OS2. The monoisotopic (exact) mass is 454 g/mol. The van der Waals surface area contributed by atoms with E-state index < -0.39 is 0 Å². The van der Waals surface area contributed by atoms with E-state index in [-0.39, 0.29) is 0 Å². The van der Waals surface area contributed by atoms with Gasteiger partial charge in [-0.1, -0.05) is 71.0 Å². The van der Waals surface area contributed by atoms with Crippen molar-refractivity contribution in [1.82, 2.24) is 0 Å². The molecule has 0 aliphatic heterocycles. The van der Waals surface area contributed by atoms with E-state index in [9.17, 15) is 0 Å². The second-order valence-corrected chi connectivity index (χ2v) is 9.34. The summed E-state index contributed by atoms with van der Waals surface area (Å²) in [5.74, 6) is 1.59. The molecule has 0 saturated heterocycles. The first-order chi connectivity index (χ1) is 14.1. The smallest absolute Gasteiger partial charge is 0.128 e. The van der Waals surface area contributed by atoms with Gasteiger partial charge in [-0.2, -0.15) is 0 Å². The van der Waals surface area contributed by atoms with E-state index in [1.54, 1.807) is 23.5 Å². The molecule has 0 N–H and O–H groups in total. The summed E-state index contributed by atoms with van der Waals surface area (Å²) >= 11 is 15.5. The van der Waals surface area contributed by atoms with Gasteiger partial charge in [-0.05, 0) is 72.8 Å². The van der Waals surface area contributed by atoms with Crippen molar-refractivity contribution >= 4 is 46.7 Å². The van der Waals surface area contributed by atoms with E-state index >= 15 is 0 Å². The molecule has 144 valence electrons. The minimum Gasteiger partial charge on any atom is -0.457 e. The van der Waals surface area contributed by atoms with Crippen LogP contribution < -0.4 is 4.74 Å². The van der Waals surface area contributed by atoms with Gasteiger partial charge in [0, 0.05) is 29.6 Å². The quantitative estimate of drug-likeness (QED) is 0.287.